The highest BCUT2D eigenvalue weighted by Crippen LogP contribution is 2.19. The summed E-state index contributed by atoms with van der Waals surface area (Å²) >= 11 is 5.89. The van der Waals surface area contributed by atoms with Crippen molar-refractivity contribution in [3.05, 3.63) is 73.8 Å². The molecule has 2 N–H and O–H groups in total. The zero-order chi connectivity index (χ0) is 18.0. The third-order valence-electron chi connectivity index (χ3n) is 3.91. The van der Waals surface area contributed by atoms with Crippen LogP contribution in [0.4, 0.5) is 5.69 Å². The second-order valence-corrected chi connectivity index (χ2v) is 6.14. The number of carbonyl (C=O) groups excluding carboxylic acids is 1. The Morgan fingerprint density at radius 1 is 1.16 bits per heavy atom. The van der Waals surface area contributed by atoms with Crippen LogP contribution in [0.3, 0.4) is 0 Å². The van der Waals surface area contributed by atoms with Crippen LogP contribution in [0.2, 0.25) is 5.02 Å². The molecule has 0 fully saturated rings. The number of nitrogens with one attached hydrogen (secondary N) is 2. The number of carbonyl (C=O) groups is 1. The van der Waals surface area contributed by atoms with E-state index in [-0.39, 0.29) is 30.0 Å². The van der Waals surface area contributed by atoms with E-state index in [9.17, 15) is 14.4 Å². The van der Waals surface area contributed by atoms with Gasteiger partial charge in [0.2, 0.25) is 5.91 Å². The summed E-state index contributed by atoms with van der Waals surface area (Å²) in [6.07, 6.45) is 0.0518. The molecule has 0 unspecified atom stereocenters. The lowest BCUT2D eigenvalue weighted by Gasteiger charge is -2.10. The lowest BCUT2D eigenvalue weighted by atomic mass is 10.2. The molecule has 0 aliphatic heterocycles. The van der Waals surface area contributed by atoms with E-state index >= 15 is 0 Å². The fourth-order valence-electron chi connectivity index (χ4n) is 2.60. The second-order valence-electron chi connectivity index (χ2n) is 5.70. The first kappa shape index (κ1) is 17.0. The number of halogens is 1. The van der Waals surface area contributed by atoms with Gasteiger partial charge in [0.1, 0.15) is 0 Å². The molecule has 0 spiro atoms. The lowest BCUT2D eigenvalue weighted by molar-refractivity contribution is -0.116. The molecule has 0 radical (unpaired) electrons. The molecule has 0 saturated heterocycles. The molecule has 3 rings (SSSR count). The van der Waals surface area contributed by atoms with Crippen molar-refractivity contribution in [2.45, 2.75) is 19.9 Å². The number of aromatic nitrogens is 2. The first-order valence-corrected chi connectivity index (χ1v) is 8.11. The Labute approximate surface area is 148 Å². The SMILES string of the molecule is Cc1cc(Cl)ccc1NC(=O)CCn1[nH]c(=O)c2ccccc2c1=O. The Balaban J connectivity index is 1.76. The average molecular weight is 358 g/mol. The molecule has 3 aromatic rings. The van der Waals surface area contributed by atoms with Crippen LogP contribution in [0.1, 0.15) is 12.0 Å². The number of anilines is 1. The zero-order valence-electron chi connectivity index (χ0n) is 13.5. The predicted octanol–water partition coefficient (Wildman–Crippen LogP) is 2.68. The number of nitrogens with zero attached hydrogens (tertiary/aromatic N) is 1. The first-order chi connectivity index (χ1) is 12.0. The quantitative estimate of drug-likeness (QED) is 0.753. The number of rotatable bonds is 4. The van der Waals surface area contributed by atoms with Gasteiger partial charge in [-0.15, -0.1) is 0 Å². The summed E-state index contributed by atoms with van der Waals surface area (Å²) in [5.74, 6) is -0.258. The van der Waals surface area contributed by atoms with E-state index in [1.807, 2.05) is 6.92 Å². The summed E-state index contributed by atoms with van der Waals surface area (Å²) in [5, 5.41) is 6.55. The molecule has 128 valence electrons. The molecule has 0 saturated carbocycles. The predicted molar refractivity (Wildman–Crippen MR) is 98.3 cm³/mol. The van der Waals surface area contributed by atoms with E-state index in [2.05, 4.69) is 10.4 Å². The van der Waals surface area contributed by atoms with Gasteiger partial charge in [-0.05, 0) is 42.8 Å². The molecule has 1 amide bonds. The number of hydrogen-bond donors (Lipinski definition) is 2. The van der Waals surface area contributed by atoms with Gasteiger partial charge >= 0.3 is 0 Å². The van der Waals surface area contributed by atoms with Crippen LogP contribution in [-0.2, 0) is 11.3 Å². The number of H-pyrrole nitrogens is 1. The van der Waals surface area contributed by atoms with Gasteiger partial charge < -0.3 is 5.32 Å². The van der Waals surface area contributed by atoms with Gasteiger partial charge in [-0.1, -0.05) is 23.7 Å². The van der Waals surface area contributed by atoms with Crippen molar-refractivity contribution in [3.8, 4) is 0 Å². The number of amides is 1. The van der Waals surface area contributed by atoms with Gasteiger partial charge in [0.25, 0.3) is 11.1 Å². The molecule has 0 aliphatic rings. The van der Waals surface area contributed by atoms with Crippen LogP contribution in [0.5, 0.6) is 0 Å². The van der Waals surface area contributed by atoms with Crippen LogP contribution in [-0.4, -0.2) is 15.7 Å². The molecule has 0 atom stereocenters. The largest absolute Gasteiger partial charge is 0.326 e. The maximum Gasteiger partial charge on any atom is 0.273 e. The van der Waals surface area contributed by atoms with Gasteiger partial charge in [0.05, 0.1) is 17.3 Å². The van der Waals surface area contributed by atoms with E-state index in [1.54, 1.807) is 42.5 Å². The van der Waals surface area contributed by atoms with E-state index in [0.717, 1.165) is 5.56 Å². The van der Waals surface area contributed by atoms with Crippen LogP contribution < -0.4 is 16.4 Å². The highest BCUT2D eigenvalue weighted by atomic mass is 35.5. The molecule has 7 heteroatoms. The molecule has 1 heterocycles. The van der Waals surface area contributed by atoms with Gasteiger partial charge in [-0.3, -0.25) is 19.5 Å². The number of aromatic amines is 1. The van der Waals surface area contributed by atoms with Gasteiger partial charge in [-0.2, -0.15) is 0 Å². The summed E-state index contributed by atoms with van der Waals surface area (Å²) in [6, 6.07) is 11.8. The molecule has 1 aromatic heterocycles. The molecular formula is C18H16ClN3O3. The van der Waals surface area contributed by atoms with Gasteiger partial charge in [-0.25, -0.2) is 4.68 Å². The van der Waals surface area contributed by atoms with Crippen molar-refractivity contribution in [2.75, 3.05) is 5.32 Å². The number of hydrogen-bond acceptors (Lipinski definition) is 3. The third-order valence-corrected chi connectivity index (χ3v) is 4.14. The van der Waals surface area contributed by atoms with Crippen molar-refractivity contribution >= 4 is 34.0 Å². The van der Waals surface area contributed by atoms with E-state index in [4.69, 9.17) is 11.6 Å². The summed E-state index contributed by atoms with van der Waals surface area (Å²) in [6.45, 7) is 1.92. The van der Waals surface area contributed by atoms with Crippen molar-refractivity contribution in [1.82, 2.24) is 9.78 Å². The molecule has 0 aliphatic carbocycles. The van der Waals surface area contributed by atoms with Crippen molar-refractivity contribution < 1.29 is 4.79 Å². The van der Waals surface area contributed by atoms with Crippen LogP contribution in [0.15, 0.2) is 52.1 Å². The second kappa shape index (κ2) is 6.94. The Morgan fingerprint density at radius 3 is 2.60 bits per heavy atom. The van der Waals surface area contributed by atoms with Crippen LogP contribution in [0.25, 0.3) is 10.8 Å². The zero-order valence-corrected chi connectivity index (χ0v) is 14.3. The molecular weight excluding hydrogens is 342 g/mol. The van der Waals surface area contributed by atoms with Gasteiger partial charge in [0.15, 0.2) is 0 Å². The Kier molecular flexibility index (Phi) is 4.72. The summed E-state index contributed by atoms with van der Waals surface area (Å²) in [7, 11) is 0. The summed E-state index contributed by atoms with van der Waals surface area (Å²) in [5.41, 5.74) is 0.820. The molecule has 25 heavy (non-hydrogen) atoms. The van der Waals surface area contributed by atoms with E-state index in [0.29, 0.717) is 21.5 Å². The standard InChI is InChI=1S/C18H16ClN3O3/c1-11-10-12(19)6-7-15(11)20-16(23)8-9-22-18(25)14-5-3-2-4-13(14)17(24)21-22/h2-7,10H,8-9H2,1H3,(H,20,23)(H,21,24). The van der Waals surface area contributed by atoms with Crippen LogP contribution in [0, 0.1) is 6.92 Å². The minimum atomic E-state index is -0.357. The van der Waals surface area contributed by atoms with E-state index in [1.165, 1.54) is 4.68 Å². The third kappa shape index (κ3) is 3.64. The molecule has 2 aromatic carbocycles. The normalized spacial score (nSPS) is 10.8. The highest BCUT2D eigenvalue weighted by Gasteiger charge is 2.09. The Morgan fingerprint density at radius 2 is 1.88 bits per heavy atom. The number of fused-ring (bicyclic) bond motifs is 1. The number of benzene rings is 2. The molecule has 0 bridgehead atoms. The molecule has 6 nitrogen and oxygen atoms in total. The van der Waals surface area contributed by atoms with Crippen LogP contribution >= 0.6 is 11.6 Å². The van der Waals surface area contributed by atoms with E-state index < -0.39 is 0 Å². The minimum Gasteiger partial charge on any atom is -0.326 e. The summed E-state index contributed by atoms with van der Waals surface area (Å²) in [4.78, 5) is 36.6. The minimum absolute atomic E-state index is 0.0518. The fraction of sp³-hybridized carbons (Fsp3) is 0.167. The maximum atomic E-state index is 12.4. The Bertz CT molecular complexity index is 1070. The smallest absolute Gasteiger partial charge is 0.273 e. The van der Waals surface area contributed by atoms with Crippen molar-refractivity contribution in [1.29, 1.82) is 0 Å². The Hall–Kier alpha value is -2.86. The summed E-state index contributed by atoms with van der Waals surface area (Å²) < 4.78 is 1.17. The monoisotopic (exact) mass is 357 g/mol. The van der Waals surface area contributed by atoms with Gasteiger partial charge in [0, 0.05) is 17.1 Å². The van der Waals surface area contributed by atoms with Crippen molar-refractivity contribution in [3.63, 3.8) is 0 Å². The van der Waals surface area contributed by atoms with Crippen molar-refractivity contribution in [2.24, 2.45) is 0 Å². The first-order valence-electron chi connectivity index (χ1n) is 7.73. The highest BCUT2D eigenvalue weighted by molar-refractivity contribution is 6.30. The lowest BCUT2D eigenvalue weighted by Crippen LogP contribution is -2.31. The number of aryl methyl sites for hydroxylation is 2. The average Bonchev–Trinajstić information content (AvgIpc) is 2.59. The maximum absolute atomic E-state index is 12.4. The topological polar surface area (TPSA) is 84.0 Å². The fourth-order valence-corrected chi connectivity index (χ4v) is 2.82.